The third-order valence-corrected chi connectivity index (χ3v) is 4.46. The lowest BCUT2D eigenvalue weighted by Crippen LogP contribution is -2.41. The Kier molecular flexibility index (Phi) is 3.72. The highest BCUT2D eigenvalue weighted by atomic mass is 16.7. The summed E-state index contributed by atoms with van der Waals surface area (Å²) in [6, 6.07) is 3.81. The lowest BCUT2D eigenvalue weighted by molar-refractivity contribution is -0.0514. The molecule has 0 N–H and O–H groups in total. The molecule has 114 valence electrons. The Morgan fingerprint density at radius 3 is 2.33 bits per heavy atom. The number of pyridine rings is 1. The standard InChI is InChI=1S/C15H22BNO4/c1-14(2)15(3,4)21-16(20-14)12-5-6-13(17-7-12)19-10-11-8-18-9-11/h5-7,11H,8-10H2,1-4H3. The largest absolute Gasteiger partial charge is 0.496 e. The molecule has 0 aromatic carbocycles. The van der Waals surface area contributed by atoms with Gasteiger partial charge in [0.2, 0.25) is 5.88 Å². The zero-order chi connectivity index (χ0) is 15.1. The Morgan fingerprint density at radius 2 is 1.86 bits per heavy atom. The van der Waals surface area contributed by atoms with Crippen LogP contribution in [0.4, 0.5) is 0 Å². The number of nitrogens with zero attached hydrogens (tertiary/aromatic N) is 1. The third kappa shape index (κ3) is 2.93. The minimum atomic E-state index is -0.378. The predicted molar refractivity (Wildman–Crippen MR) is 79.8 cm³/mol. The topological polar surface area (TPSA) is 49.8 Å². The van der Waals surface area contributed by atoms with E-state index < -0.39 is 0 Å². The van der Waals surface area contributed by atoms with Crippen molar-refractivity contribution in [1.29, 1.82) is 0 Å². The van der Waals surface area contributed by atoms with Crippen LogP contribution in [0, 0.1) is 5.92 Å². The van der Waals surface area contributed by atoms with Crippen LogP contribution in [0.2, 0.25) is 0 Å². The van der Waals surface area contributed by atoms with Crippen LogP contribution < -0.4 is 10.2 Å². The fraction of sp³-hybridized carbons (Fsp3) is 0.667. The molecule has 0 unspecified atom stereocenters. The number of hydrogen-bond donors (Lipinski definition) is 0. The van der Waals surface area contributed by atoms with Crippen LogP contribution in [0.1, 0.15) is 27.7 Å². The van der Waals surface area contributed by atoms with Gasteiger partial charge >= 0.3 is 7.12 Å². The molecule has 0 saturated carbocycles. The Hall–Kier alpha value is -1.11. The first-order valence-corrected chi connectivity index (χ1v) is 7.39. The molecule has 1 aromatic heterocycles. The molecule has 1 aromatic rings. The molecule has 0 bridgehead atoms. The van der Waals surface area contributed by atoms with Crippen LogP contribution in [-0.4, -0.2) is 43.1 Å². The van der Waals surface area contributed by atoms with Crippen molar-refractivity contribution < 1.29 is 18.8 Å². The Labute approximate surface area is 126 Å². The molecule has 0 amide bonds. The van der Waals surface area contributed by atoms with E-state index in [9.17, 15) is 0 Å². The highest BCUT2D eigenvalue weighted by molar-refractivity contribution is 6.62. The molecule has 0 aliphatic carbocycles. The molecule has 6 heteroatoms. The zero-order valence-electron chi connectivity index (χ0n) is 13.1. The molecule has 0 atom stereocenters. The van der Waals surface area contributed by atoms with Crippen molar-refractivity contribution >= 4 is 12.6 Å². The second-order valence-corrected chi connectivity index (χ2v) is 6.73. The molecule has 21 heavy (non-hydrogen) atoms. The molecule has 3 heterocycles. The predicted octanol–water partition coefficient (Wildman–Crippen LogP) is 1.41. The van der Waals surface area contributed by atoms with Crippen molar-refractivity contribution in [1.82, 2.24) is 4.98 Å². The smallest absolute Gasteiger partial charge is 0.477 e. The van der Waals surface area contributed by atoms with E-state index in [1.165, 1.54) is 0 Å². The van der Waals surface area contributed by atoms with Gasteiger partial charge in [0.05, 0.1) is 31.0 Å². The number of hydrogen-bond acceptors (Lipinski definition) is 5. The van der Waals surface area contributed by atoms with E-state index in [-0.39, 0.29) is 18.3 Å². The number of aromatic nitrogens is 1. The number of ether oxygens (including phenoxy) is 2. The Balaban J connectivity index is 1.62. The summed E-state index contributed by atoms with van der Waals surface area (Å²) in [7, 11) is -0.378. The molecule has 5 nitrogen and oxygen atoms in total. The average molecular weight is 291 g/mol. The molecular weight excluding hydrogens is 269 g/mol. The summed E-state index contributed by atoms with van der Waals surface area (Å²) in [5, 5.41) is 0. The normalized spacial score (nSPS) is 23.9. The van der Waals surface area contributed by atoms with Gasteiger partial charge in [-0.2, -0.15) is 0 Å². The Morgan fingerprint density at radius 1 is 1.19 bits per heavy atom. The summed E-state index contributed by atoms with van der Waals surface area (Å²) in [6.45, 7) is 10.4. The number of rotatable bonds is 4. The molecule has 0 radical (unpaired) electrons. The summed E-state index contributed by atoms with van der Waals surface area (Å²) in [6.07, 6.45) is 1.76. The van der Waals surface area contributed by atoms with E-state index in [2.05, 4.69) is 4.98 Å². The zero-order valence-corrected chi connectivity index (χ0v) is 13.1. The van der Waals surface area contributed by atoms with E-state index in [0.29, 0.717) is 18.4 Å². The molecule has 2 aliphatic rings. The minimum absolute atomic E-state index is 0.336. The maximum Gasteiger partial charge on any atom is 0.496 e. The first kappa shape index (κ1) is 14.8. The van der Waals surface area contributed by atoms with E-state index in [1.807, 2.05) is 39.8 Å². The van der Waals surface area contributed by atoms with Crippen LogP contribution in [0.3, 0.4) is 0 Å². The van der Waals surface area contributed by atoms with E-state index in [1.54, 1.807) is 6.20 Å². The van der Waals surface area contributed by atoms with Crippen molar-refractivity contribution in [3.8, 4) is 5.88 Å². The van der Waals surface area contributed by atoms with Crippen LogP contribution >= 0.6 is 0 Å². The van der Waals surface area contributed by atoms with Gasteiger partial charge in [0.15, 0.2) is 0 Å². The molecule has 0 spiro atoms. The van der Waals surface area contributed by atoms with Crippen molar-refractivity contribution in [3.05, 3.63) is 18.3 Å². The second-order valence-electron chi connectivity index (χ2n) is 6.73. The molecule has 2 aliphatic heterocycles. The van der Waals surface area contributed by atoms with Crippen LogP contribution in [0.5, 0.6) is 5.88 Å². The van der Waals surface area contributed by atoms with Gasteiger partial charge in [-0.1, -0.05) is 6.07 Å². The van der Waals surface area contributed by atoms with Gasteiger partial charge < -0.3 is 18.8 Å². The first-order valence-electron chi connectivity index (χ1n) is 7.39. The lowest BCUT2D eigenvalue weighted by atomic mass is 9.80. The average Bonchev–Trinajstić information content (AvgIpc) is 2.57. The van der Waals surface area contributed by atoms with Gasteiger partial charge in [0.1, 0.15) is 0 Å². The van der Waals surface area contributed by atoms with Crippen molar-refractivity contribution in [2.24, 2.45) is 5.92 Å². The first-order chi connectivity index (χ1) is 9.87. The van der Waals surface area contributed by atoms with E-state index in [4.69, 9.17) is 18.8 Å². The van der Waals surface area contributed by atoms with Crippen LogP contribution in [-0.2, 0) is 14.0 Å². The molecular formula is C15H22BNO4. The third-order valence-electron chi connectivity index (χ3n) is 4.46. The van der Waals surface area contributed by atoms with Gasteiger partial charge in [-0.15, -0.1) is 0 Å². The Bertz CT molecular complexity index is 483. The van der Waals surface area contributed by atoms with Gasteiger partial charge in [0, 0.05) is 17.6 Å². The fourth-order valence-electron chi connectivity index (χ4n) is 2.18. The van der Waals surface area contributed by atoms with Gasteiger partial charge in [-0.05, 0) is 33.8 Å². The monoisotopic (exact) mass is 291 g/mol. The fourth-order valence-corrected chi connectivity index (χ4v) is 2.18. The molecule has 3 rings (SSSR count). The minimum Gasteiger partial charge on any atom is -0.477 e. The van der Waals surface area contributed by atoms with Crippen molar-refractivity contribution in [2.45, 2.75) is 38.9 Å². The van der Waals surface area contributed by atoms with Crippen LogP contribution in [0.15, 0.2) is 18.3 Å². The molecule has 2 fully saturated rings. The van der Waals surface area contributed by atoms with E-state index >= 15 is 0 Å². The van der Waals surface area contributed by atoms with Gasteiger partial charge in [-0.3, -0.25) is 0 Å². The van der Waals surface area contributed by atoms with Crippen molar-refractivity contribution in [3.63, 3.8) is 0 Å². The summed E-state index contributed by atoms with van der Waals surface area (Å²) in [4.78, 5) is 4.33. The SMILES string of the molecule is CC1(C)OB(c2ccc(OCC3COC3)nc2)OC1(C)C. The quantitative estimate of drug-likeness (QED) is 0.785. The maximum absolute atomic E-state index is 6.00. The van der Waals surface area contributed by atoms with Gasteiger partial charge in [0.25, 0.3) is 0 Å². The molecule has 2 saturated heterocycles. The second kappa shape index (κ2) is 5.27. The van der Waals surface area contributed by atoms with E-state index in [0.717, 1.165) is 18.7 Å². The summed E-state index contributed by atoms with van der Waals surface area (Å²) in [5.74, 6) is 1.12. The van der Waals surface area contributed by atoms with Crippen molar-refractivity contribution in [2.75, 3.05) is 19.8 Å². The highest BCUT2D eigenvalue weighted by Crippen LogP contribution is 2.36. The maximum atomic E-state index is 6.00. The summed E-state index contributed by atoms with van der Waals surface area (Å²) < 4.78 is 22.7. The van der Waals surface area contributed by atoms with Crippen LogP contribution in [0.25, 0.3) is 0 Å². The summed E-state index contributed by atoms with van der Waals surface area (Å²) in [5.41, 5.74) is 0.238. The lowest BCUT2D eigenvalue weighted by Gasteiger charge is -2.32. The summed E-state index contributed by atoms with van der Waals surface area (Å²) >= 11 is 0. The highest BCUT2D eigenvalue weighted by Gasteiger charge is 2.51. The van der Waals surface area contributed by atoms with Gasteiger partial charge in [-0.25, -0.2) is 4.98 Å².